The number of carbonyl (C=O) groups is 2. The molecule has 2 aliphatic heterocycles. The van der Waals surface area contributed by atoms with Crippen LogP contribution in [0.4, 0.5) is 5.69 Å². The zero-order valence-electron chi connectivity index (χ0n) is 15.2. The minimum absolute atomic E-state index is 0.0762. The topological polar surface area (TPSA) is 55.8 Å². The van der Waals surface area contributed by atoms with Gasteiger partial charge in [0.15, 0.2) is 0 Å². The first-order valence-electron chi connectivity index (χ1n) is 9.47. The molecule has 1 spiro atoms. The third kappa shape index (κ3) is 2.21. The maximum absolute atomic E-state index is 13.6. The van der Waals surface area contributed by atoms with E-state index in [1.54, 1.807) is 11.8 Å². The van der Waals surface area contributed by atoms with E-state index in [4.69, 9.17) is 9.47 Å². The molecule has 2 unspecified atom stereocenters. The van der Waals surface area contributed by atoms with Crippen molar-refractivity contribution < 1.29 is 19.1 Å². The van der Waals surface area contributed by atoms with Crippen LogP contribution >= 0.6 is 0 Å². The maximum Gasteiger partial charge on any atom is 0.326 e. The molecule has 0 N–H and O–H groups in total. The molecule has 27 heavy (non-hydrogen) atoms. The molecule has 1 amide bonds. The van der Waals surface area contributed by atoms with Gasteiger partial charge in [-0.2, -0.15) is 0 Å². The third-order valence-electron chi connectivity index (χ3n) is 5.95. The smallest absolute Gasteiger partial charge is 0.326 e. The van der Waals surface area contributed by atoms with Gasteiger partial charge in [0.05, 0.1) is 19.3 Å². The van der Waals surface area contributed by atoms with Crippen molar-refractivity contribution in [1.29, 1.82) is 0 Å². The monoisotopic (exact) mass is 363 g/mol. The van der Waals surface area contributed by atoms with Crippen molar-refractivity contribution in [2.45, 2.75) is 31.3 Å². The van der Waals surface area contributed by atoms with Gasteiger partial charge >= 0.3 is 5.97 Å². The minimum atomic E-state index is -0.848. The van der Waals surface area contributed by atoms with Crippen LogP contribution in [0.5, 0.6) is 0 Å². The van der Waals surface area contributed by atoms with Crippen molar-refractivity contribution in [3.63, 3.8) is 0 Å². The molecular weight excluding hydrogens is 342 g/mol. The summed E-state index contributed by atoms with van der Waals surface area (Å²) in [4.78, 5) is 27.3. The summed E-state index contributed by atoms with van der Waals surface area (Å²) in [5.74, 6) is -0.493. The predicted octanol–water partition coefficient (Wildman–Crippen LogP) is 2.82. The average molecular weight is 363 g/mol. The van der Waals surface area contributed by atoms with Crippen molar-refractivity contribution in [2.24, 2.45) is 0 Å². The summed E-state index contributed by atoms with van der Waals surface area (Å²) >= 11 is 0. The number of ether oxygens (including phenoxy) is 2. The molecule has 5 heteroatoms. The number of hydrogen-bond donors (Lipinski definition) is 0. The van der Waals surface area contributed by atoms with E-state index in [1.807, 2.05) is 24.3 Å². The van der Waals surface area contributed by atoms with Gasteiger partial charge in [-0.25, -0.2) is 0 Å². The van der Waals surface area contributed by atoms with E-state index < -0.39 is 11.4 Å². The van der Waals surface area contributed by atoms with Gasteiger partial charge in [0.1, 0.15) is 12.0 Å². The van der Waals surface area contributed by atoms with Gasteiger partial charge in [-0.1, -0.05) is 30.4 Å². The van der Waals surface area contributed by atoms with E-state index in [9.17, 15) is 9.59 Å². The number of rotatable bonds is 3. The van der Waals surface area contributed by atoms with Gasteiger partial charge < -0.3 is 9.47 Å². The van der Waals surface area contributed by atoms with Crippen molar-refractivity contribution in [3.8, 4) is 0 Å². The Balaban J connectivity index is 1.61. The Bertz CT molecular complexity index is 941. The van der Waals surface area contributed by atoms with Crippen molar-refractivity contribution in [3.05, 3.63) is 64.8 Å². The Morgan fingerprint density at radius 2 is 2.22 bits per heavy atom. The molecule has 0 saturated carbocycles. The Kier molecular flexibility index (Phi) is 3.62. The first-order chi connectivity index (χ1) is 13.1. The number of carbonyl (C=O) groups excluding carboxylic acids is 2. The lowest BCUT2D eigenvalue weighted by molar-refractivity contribution is -0.142. The van der Waals surface area contributed by atoms with Gasteiger partial charge in [0.2, 0.25) is 5.91 Å². The van der Waals surface area contributed by atoms with Gasteiger partial charge in [0.25, 0.3) is 0 Å². The molecule has 5 nitrogen and oxygen atoms in total. The van der Waals surface area contributed by atoms with Gasteiger partial charge in [-0.15, -0.1) is 0 Å². The lowest BCUT2D eigenvalue weighted by Crippen LogP contribution is -2.44. The zero-order chi connectivity index (χ0) is 18.6. The second-order valence-electron chi connectivity index (χ2n) is 7.34. The Morgan fingerprint density at radius 3 is 3.07 bits per heavy atom. The maximum atomic E-state index is 13.6. The summed E-state index contributed by atoms with van der Waals surface area (Å²) < 4.78 is 11.2. The molecular formula is C22H21NO4. The molecule has 5 rings (SSSR count). The highest BCUT2D eigenvalue weighted by atomic mass is 16.5. The highest BCUT2D eigenvalue weighted by molar-refractivity contribution is 6.13. The van der Waals surface area contributed by atoms with Crippen molar-refractivity contribution >= 4 is 17.6 Å². The van der Waals surface area contributed by atoms with Gasteiger partial charge in [-0.3, -0.25) is 14.5 Å². The fourth-order valence-electron chi connectivity index (χ4n) is 4.75. The summed E-state index contributed by atoms with van der Waals surface area (Å²) in [6, 6.07) is 7.71. The quantitative estimate of drug-likeness (QED) is 0.775. The molecule has 1 fully saturated rings. The van der Waals surface area contributed by atoms with Crippen LogP contribution in [0.2, 0.25) is 0 Å². The molecule has 0 radical (unpaired) electrons. The second kappa shape index (κ2) is 5.92. The van der Waals surface area contributed by atoms with Crippen LogP contribution < -0.4 is 4.90 Å². The minimum Gasteiger partial charge on any atom is -0.465 e. The average Bonchev–Trinajstić information content (AvgIpc) is 3.33. The van der Waals surface area contributed by atoms with Crippen molar-refractivity contribution in [1.82, 2.24) is 0 Å². The van der Waals surface area contributed by atoms with Gasteiger partial charge in [0, 0.05) is 5.69 Å². The number of benzene rings is 1. The van der Waals surface area contributed by atoms with E-state index in [0.717, 1.165) is 29.7 Å². The normalized spacial score (nSPS) is 27.7. The Labute approximate surface area is 157 Å². The molecule has 0 bridgehead atoms. The van der Waals surface area contributed by atoms with E-state index >= 15 is 0 Å². The summed E-state index contributed by atoms with van der Waals surface area (Å²) in [5, 5.41) is 0. The molecule has 2 heterocycles. The first-order valence-corrected chi connectivity index (χ1v) is 9.47. The van der Waals surface area contributed by atoms with Crippen LogP contribution in [0, 0.1) is 0 Å². The highest BCUT2D eigenvalue weighted by Crippen LogP contribution is 2.53. The summed E-state index contributed by atoms with van der Waals surface area (Å²) in [6.45, 7) is 2.29. The number of anilines is 1. The SMILES string of the molecule is CCOC(=O)CN1C(=O)C2(COC3C=C4CCC=C4C=C32)c2ccccc21. The van der Waals surface area contributed by atoms with Gasteiger partial charge in [-0.05, 0) is 54.2 Å². The molecule has 1 aromatic rings. The van der Waals surface area contributed by atoms with Crippen LogP contribution in [-0.4, -0.2) is 37.7 Å². The lowest BCUT2D eigenvalue weighted by atomic mass is 9.73. The second-order valence-corrected chi connectivity index (χ2v) is 7.34. The molecule has 1 saturated heterocycles. The Morgan fingerprint density at radius 1 is 1.37 bits per heavy atom. The highest BCUT2D eigenvalue weighted by Gasteiger charge is 2.59. The fourth-order valence-corrected chi connectivity index (χ4v) is 4.75. The largest absolute Gasteiger partial charge is 0.465 e. The standard InChI is InChI=1S/C22H21NO4/c1-2-26-20(24)12-23-18-9-4-3-8-16(18)22(21(23)25)13-27-19-11-15-7-5-6-14(15)10-17(19)22/h3-4,6,8-11,19H,2,5,7,12-13H2,1H3. The molecule has 4 aliphatic rings. The van der Waals surface area contributed by atoms with E-state index in [-0.39, 0.29) is 18.6 Å². The summed E-state index contributed by atoms with van der Waals surface area (Å²) in [6.07, 6.45) is 8.42. The van der Waals surface area contributed by atoms with E-state index in [2.05, 4.69) is 18.2 Å². The molecule has 0 aromatic heterocycles. The van der Waals surface area contributed by atoms with Crippen LogP contribution in [0.25, 0.3) is 0 Å². The first kappa shape index (κ1) is 16.5. The van der Waals surface area contributed by atoms with Crippen LogP contribution in [0.1, 0.15) is 25.3 Å². The number of para-hydroxylation sites is 1. The third-order valence-corrected chi connectivity index (χ3v) is 5.95. The number of amides is 1. The van der Waals surface area contributed by atoms with Crippen molar-refractivity contribution in [2.75, 3.05) is 24.7 Å². The van der Waals surface area contributed by atoms with Crippen LogP contribution in [0.3, 0.4) is 0 Å². The molecule has 138 valence electrons. The summed E-state index contributed by atoms with van der Waals surface area (Å²) in [7, 11) is 0. The predicted molar refractivity (Wildman–Crippen MR) is 100 cm³/mol. The van der Waals surface area contributed by atoms with Crippen LogP contribution in [0.15, 0.2) is 59.2 Å². The molecule has 2 atom stereocenters. The number of hydrogen-bond acceptors (Lipinski definition) is 4. The van der Waals surface area contributed by atoms with Crippen LogP contribution in [-0.2, 0) is 24.5 Å². The summed E-state index contributed by atoms with van der Waals surface area (Å²) in [5.41, 5.74) is 4.35. The fraction of sp³-hybridized carbons (Fsp3) is 0.364. The van der Waals surface area contributed by atoms with E-state index in [0.29, 0.717) is 13.2 Å². The number of fused-ring (bicyclic) bond motifs is 5. The Hall–Kier alpha value is -2.66. The van der Waals surface area contributed by atoms with E-state index in [1.165, 1.54) is 11.1 Å². The number of allylic oxidation sites excluding steroid dienone is 4. The molecule has 1 aromatic carbocycles. The zero-order valence-corrected chi connectivity index (χ0v) is 15.2. The number of esters is 1. The molecule has 2 aliphatic carbocycles. The number of nitrogens with zero attached hydrogens (tertiary/aromatic N) is 1. The lowest BCUT2D eigenvalue weighted by Gasteiger charge is -2.26.